The minimum Gasteiger partial charge on any atom is -0.493 e. The van der Waals surface area contributed by atoms with Gasteiger partial charge >= 0.3 is 0 Å². The molecule has 1 rings (SSSR count). The topological polar surface area (TPSA) is 38.7 Å². The van der Waals surface area contributed by atoms with Crippen molar-refractivity contribution < 1.29 is 14.6 Å². The number of methoxy groups -OCH3 is 1. The van der Waals surface area contributed by atoms with Crippen molar-refractivity contribution in [3.63, 3.8) is 0 Å². The van der Waals surface area contributed by atoms with Gasteiger partial charge in [0.15, 0.2) is 0 Å². The third-order valence-corrected chi connectivity index (χ3v) is 2.45. The quantitative estimate of drug-likeness (QED) is 0.721. The Labute approximate surface area is 97.0 Å². The normalized spacial score (nSPS) is 10.4. The molecule has 0 bridgehead atoms. The number of hydrogen-bond acceptors (Lipinski definition) is 3. The Balaban J connectivity index is 2.60. The fraction of sp³-hybridized carbons (Fsp3) is 0.538. The second kappa shape index (κ2) is 7.25. The predicted octanol–water partition coefficient (Wildman–Crippen LogP) is 2.16. The number of benzene rings is 1. The third-order valence-electron chi connectivity index (χ3n) is 2.45. The molecule has 1 N–H and O–H groups in total. The summed E-state index contributed by atoms with van der Waals surface area (Å²) in [6, 6.07) is 5.85. The lowest BCUT2D eigenvalue weighted by Gasteiger charge is -2.11. The van der Waals surface area contributed by atoms with E-state index in [2.05, 4.69) is 6.92 Å². The van der Waals surface area contributed by atoms with Crippen LogP contribution in [-0.2, 0) is 17.8 Å². The lowest BCUT2D eigenvalue weighted by atomic mass is 10.1. The second-order valence-corrected chi connectivity index (χ2v) is 3.65. The summed E-state index contributed by atoms with van der Waals surface area (Å²) in [5, 5.41) is 9.06. The highest BCUT2D eigenvalue weighted by molar-refractivity contribution is 5.37. The first-order valence-electron chi connectivity index (χ1n) is 5.66. The van der Waals surface area contributed by atoms with Gasteiger partial charge in [0.05, 0.1) is 13.2 Å². The van der Waals surface area contributed by atoms with Gasteiger partial charge in [0.1, 0.15) is 5.75 Å². The number of aryl methyl sites for hydroxylation is 1. The van der Waals surface area contributed by atoms with Crippen LogP contribution in [0.4, 0.5) is 0 Å². The zero-order chi connectivity index (χ0) is 11.8. The fourth-order valence-corrected chi connectivity index (χ4v) is 1.51. The molecule has 3 heteroatoms. The minimum absolute atomic E-state index is 0.0540. The van der Waals surface area contributed by atoms with Crippen LogP contribution in [0.25, 0.3) is 0 Å². The molecule has 0 spiro atoms. The van der Waals surface area contributed by atoms with Gasteiger partial charge in [-0.05, 0) is 23.6 Å². The van der Waals surface area contributed by atoms with Crippen LogP contribution < -0.4 is 4.74 Å². The Bertz CT molecular complexity index is 310. The molecule has 0 aromatic heterocycles. The molecular weight excluding hydrogens is 204 g/mol. The van der Waals surface area contributed by atoms with E-state index in [9.17, 15) is 0 Å². The summed E-state index contributed by atoms with van der Waals surface area (Å²) in [6.45, 7) is 3.51. The van der Waals surface area contributed by atoms with E-state index in [0.717, 1.165) is 24.2 Å². The van der Waals surface area contributed by atoms with Crippen LogP contribution in [0.2, 0.25) is 0 Å². The first kappa shape index (κ1) is 13.0. The number of hydrogen-bond donors (Lipinski definition) is 1. The molecular formula is C13H20O3. The van der Waals surface area contributed by atoms with Crippen LogP contribution in [0.15, 0.2) is 18.2 Å². The average molecular weight is 224 g/mol. The first-order chi connectivity index (χ1) is 7.81. The highest BCUT2D eigenvalue weighted by Crippen LogP contribution is 2.21. The van der Waals surface area contributed by atoms with Crippen molar-refractivity contribution in [3.05, 3.63) is 29.3 Å². The van der Waals surface area contributed by atoms with E-state index >= 15 is 0 Å². The van der Waals surface area contributed by atoms with E-state index in [0.29, 0.717) is 13.2 Å². The molecule has 0 heterocycles. The van der Waals surface area contributed by atoms with Crippen LogP contribution in [-0.4, -0.2) is 25.4 Å². The third kappa shape index (κ3) is 3.83. The molecule has 0 aliphatic heterocycles. The van der Waals surface area contributed by atoms with Gasteiger partial charge in [-0.1, -0.05) is 19.1 Å². The van der Waals surface area contributed by atoms with Gasteiger partial charge in [-0.2, -0.15) is 0 Å². The van der Waals surface area contributed by atoms with E-state index in [-0.39, 0.29) is 6.61 Å². The lowest BCUT2D eigenvalue weighted by molar-refractivity contribution is 0.171. The van der Waals surface area contributed by atoms with Gasteiger partial charge < -0.3 is 14.6 Å². The minimum atomic E-state index is 0.0540. The maximum Gasteiger partial charge on any atom is 0.122 e. The van der Waals surface area contributed by atoms with Crippen LogP contribution in [0, 0.1) is 0 Å². The molecule has 0 aliphatic rings. The van der Waals surface area contributed by atoms with Gasteiger partial charge in [-0.25, -0.2) is 0 Å². The molecule has 0 atom stereocenters. The van der Waals surface area contributed by atoms with Crippen molar-refractivity contribution in [2.75, 3.05) is 20.3 Å². The summed E-state index contributed by atoms with van der Waals surface area (Å²) in [6.07, 6.45) is 1.81. The summed E-state index contributed by atoms with van der Waals surface area (Å²) >= 11 is 0. The standard InChI is InChI=1S/C13H20O3/c1-3-12-6-5-11(10-14)9-13(12)16-8-4-7-15-2/h5-6,9,14H,3-4,7-8,10H2,1-2H3. The van der Waals surface area contributed by atoms with Crippen molar-refractivity contribution in [3.8, 4) is 5.75 Å². The Kier molecular flexibility index (Phi) is 5.90. The van der Waals surface area contributed by atoms with Crippen LogP contribution in [0.3, 0.4) is 0 Å². The SMILES string of the molecule is CCc1ccc(CO)cc1OCCCOC. The highest BCUT2D eigenvalue weighted by Gasteiger charge is 2.03. The predicted molar refractivity (Wildman–Crippen MR) is 63.7 cm³/mol. The zero-order valence-corrected chi connectivity index (χ0v) is 10.0. The number of aliphatic hydroxyl groups excluding tert-OH is 1. The van der Waals surface area contributed by atoms with E-state index in [4.69, 9.17) is 14.6 Å². The van der Waals surface area contributed by atoms with Crippen LogP contribution >= 0.6 is 0 Å². The van der Waals surface area contributed by atoms with Crippen molar-refractivity contribution in [1.29, 1.82) is 0 Å². The van der Waals surface area contributed by atoms with Crippen molar-refractivity contribution in [2.24, 2.45) is 0 Å². The molecule has 0 radical (unpaired) electrons. The molecule has 0 unspecified atom stereocenters. The molecule has 1 aromatic rings. The monoisotopic (exact) mass is 224 g/mol. The average Bonchev–Trinajstić information content (AvgIpc) is 2.34. The molecule has 0 saturated heterocycles. The van der Waals surface area contributed by atoms with E-state index in [1.54, 1.807) is 7.11 Å². The van der Waals surface area contributed by atoms with Crippen LogP contribution in [0.5, 0.6) is 5.75 Å². The lowest BCUT2D eigenvalue weighted by Crippen LogP contribution is -2.03. The van der Waals surface area contributed by atoms with Crippen molar-refractivity contribution >= 4 is 0 Å². The maximum absolute atomic E-state index is 9.06. The summed E-state index contributed by atoms with van der Waals surface area (Å²) in [5.41, 5.74) is 2.06. The van der Waals surface area contributed by atoms with Gasteiger partial charge in [-0.15, -0.1) is 0 Å². The Morgan fingerprint density at radius 1 is 1.25 bits per heavy atom. The Morgan fingerprint density at radius 2 is 2.06 bits per heavy atom. The molecule has 1 aromatic carbocycles. The number of aliphatic hydroxyl groups is 1. The van der Waals surface area contributed by atoms with Gasteiger partial charge in [-0.3, -0.25) is 0 Å². The van der Waals surface area contributed by atoms with Crippen LogP contribution in [0.1, 0.15) is 24.5 Å². The van der Waals surface area contributed by atoms with Gasteiger partial charge in [0, 0.05) is 20.1 Å². The molecule has 90 valence electrons. The largest absolute Gasteiger partial charge is 0.493 e. The fourth-order valence-electron chi connectivity index (χ4n) is 1.51. The Morgan fingerprint density at radius 3 is 2.69 bits per heavy atom. The summed E-state index contributed by atoms with van der Waals surface area (Å²) < 4.78 is 10.6. The summed E-state index contributed by atoms with van der Waals surface area (Å²) in [4.78, 5) is 0. The molecule has 0 aliphatic carbocycles. The maximum atomic E-state index is 9.06. The Hall–Kier alpha value is -1.06. The van der Waals surface area contributed by atoms with E-state index in [1.165, 1.54) is 5.56 Å². The smallest absolute Gasteiger partial charge is 0.122 e. The van der Waals surface area contributed by atoms with Crippen molar-refractivity contribution in [2.45, 2.75) is 26.4 Å². The zero-order valence-electron chi connectivity index (χ0n) is 10.0. The van der Waals surface area contributed by atoms with E-state index in [1.807, 2.05) is 18.2 Å². The summed E-state index contributed by atoms with van der Waals surface area (Å²) in [5.74, 6) is 0.880. The van der Waals surface area contributed by atoms with Crippen molar-refractivity contribution in [1.82, 2.24) is 0 Å². The molecule has 0 fully saturated rings. The number of rotatable bonds is 7. The molecule has 0 amide bonds. The highest BCUT2D eigenvalue weighted by atomic mass is 16.5. The second-order valence-electron chi connectivity index (χ2n) is 3.65. The van der Waals surface area contributed by atoms with E-state index < -0.39 is 0 Å². The molecule has 3 nitrogen and oxygen atoms in total. The molecule has 16 heavy (non-hydrogen) atoms. The molecule has 0 saturated carbocycles. The number of ether oxygens (including phenoxy) is 2. The van der Waals surface area contributed by atoms with Gasteiger partial charge in [0.2, 0.25) is 0 Å². The summed E-state index contributed by atoms with van der Waals surface area (Å²) in [7, 11) is 1.68. The first-order valence-corrected chi connectivity index (χ1v) is 5.66. The van der Waals surface area contributed by atoms with Gasteiger partial charge in [0.25, 0.3) is 0 Å².